The number of sulfone groups is 1. The molecule has 1 aromatic carbocycles. The van der Waals surface area contributed by atoms with Crippen molar-refractivity contribution in [2.45, 2.75) is 38.1 Å². The lowest BCUT2D eigenvalue weighted by atomic mass is 9.90. The Kier molecular flexibility index (Phi) is 6.12. The third-order valence-electron chi connectivity index (χ3n) is 5.34. The summed E-state index contributed by atoms with van der Waals surface area (Å²) in [7, 11) is -2.86. The van der Waals surface area contributed by atoms with Crippen LogP contribution in [0.25, 0.3) is 0 Å². The number of amides is 1. The van der Waals surface area contributed by atoms with Crippen LogP contribution in [0.2, 0.25) is 0 Å². The van der Waals surface area contributed by atoms with Crippen LogP contribution in [0.15, 0.2) is 30.3 Å². The van der Waals surface area contributed by atoms with Gasteiger partial charge in [0.2, 0.25) is 5.91 Å². The molecule has 1 amide bonds. The fraction of sp³-hybridized carbons (Fsp3) is 0.632. The van der Waals surface area contributed by atoms with Gasteiger partial charge in [-0.3, -0.25) is 4.79 Å². The number of rotatable bonds is 6. The molecule has 25 heavy (non-hydrogen) atoms. The molecule has 2 aliphatic rings. The highest BCUT2D eigenvalue weighted by molar-refractivity contribution is 7.91. The highest BCUT2D eigenvalue weighted by Gasteiger charge is 2.28. The van der Waals surface area contributed by atoms with Crippen molar-refractivity contribution in [2.24, 2.45) is 5.92 Å². The predicted molar refractivity (Wildman–Crippen MR) is 99.1 cm³/mol. The van der Waals surface area contributed by atoms with Crippen LogP contribution in [0.3, 0.4) is 0 Å². The minimum Gasteiger partial charge on any atom is -0.343 e. The summed E-state index contributed by atoms with van der Waals surface area (Å²) < 4.78 is 22.9. The summed E-state index contributed by atoms with van der Waals surface area (Å²) in [5.41, 5.74) is 1.38. The van der Waals surface area contributed by atoms with E-state index in [4.69, 9.17) is 0 Å². The van der Waals surface area contributed by atoms with E-state index in [0.29, 0.717) is 25.3 Å². The molecule has 1 N–H and O–H groups in total. The van der Waals surface area contributed by atoms with Gasteiger partial charge < -0.3 is 10.2 Å². The van der Waals surface area contributed by atoms with Crippen molar-refractivity contribution in [2.75, 3.05) is 31.1 Å². The van der Waals surface area contributed by atoms with Gasteiger partial charge in [0.05, 0.1) is 11.5 Å². The van der Waals surface area contributed by atoms with Crippen LogP contribution in [0.5, 0.6) is 0 Å². The standard InChI is InChI=1S/C19H28N2O3S/c22-19(6-10-20-18-9-13-25(23,24)15-18)21-11-7-17(8-12-21)14-16-4-2-1-3-5-16/h1-5,17-18,20H,6-15H2. The van der Waals surface area contributed by atoms with Crippen LogP contribution >= 0.6 is 0 Å². The third-order valence-corrected chi connectivity index (χ3v) is 7.11. The normalized spacial score (nSPS) is 23.7. The van der Waals surface area contributed by atoms with Crippen molar-refractivity contribution in [3.63, 3.8) is 0 Å². The van der Waals surface area contributed by atoms with Gasteiger partial charge in [-0.05, 0) is 37.2 Å². The Morgan fingerprint density at radius 2 is 1.84 bits per heavy atom. The van der Waals surface area contributed by atoms with Gasteiger partial charge >= 0.3 is 0 Å². The molecule has 138 valence electrons. The minimum atomic E-state index is -2.86. The number of nitrogens with one attached hydrogen (secondary N) is 1. The molecule has 0 bridgehead atoms. The number of carbonyl (C=O) groups is 1. The van der Waals surface area contributed by atoms with Crippen molar-refractivity contribution < 1.29 is 13.2 Å². The lowest BCUT2D eigenvalue weighted by Gasteiger charge is -2.32. The zero-order chi connectivity index (χ0) is 17.7. The van der Waals surface area contributed by atoms with Gasteiger partial charge in [0.15, 0.2) is 9.84 Å². The SMILES string of the molecule is O=C(CCNC1CCS(=O)(=O)C1)N1CCC(Cc2ccccc2)CC1. The summed E-state index contributed by atoms with van der Waals surface area (Å²) in [6.07, 6.45) is 4.35. The van der Waals surface area contributed by atoms with E-state index in [1.165, 1.54) is 5.56 Å². The van der Waals surface area contributed by atoms with E-state index in [0.717, 1.165) is 32.4 Å². The Morgan fingerprint density at radius 1 is 1.12 bits per heavy atom. The van der Waals surface area contributed by atoms with Gasteiger partial charge in [-0.2, -0.15) is 0 Å². The van der Waals surface area contributed by atoms with Gasteiger partial charge in [0, 0.05) is 32.1 Å². The van der Waals surface area contributed by atoms with E-state index in [2.05, 4.69) is 29.6 Å². The molecule has 2 heterocycles. The van der Waals surface area contributed by atoms with Crippen LogP contribution in [-0.4, -0.2) is 56.4 Å². The first-order chi connectivity index (χ1) is 12.0. The molecule has 6 heteroatoms. The number of nitrogens with zero attached hydrogens (tertiary/aromatic N) is 1. The zero-order valence-corrected chi connectivity index (χ0v) is 15.5. The van der Waals surface area contributed by atoms with E-state index >= 15 is 0 Å². The fourth-order valence-electron chi connectivity index (χ4n) is 3.83. The number of carbonyl (C=O) groups excluding carboxylic acids is 1. The molecular weight excluding hydrogens is 336 g/mol. The molecule has 1 atom stereocenters. The molecule has 3 rings (SSSR count). The van der Waals surface area contributed by atoms with Gasteiger partial charge in [0.1, 0.15) is 0 Å². The van der Waals surface area contributed by atoms with E-state index < -0.39 is 9.84 Å². The zero-order valence-electron chi connectivity index (χ0n) is 14.7. The number of hydrogen-bond acceptors (Lipinski definition) is 4. The summed E-state index contributed by atoms with van der Waals surface area (Å²) >= 11 is 0. The average molecular weight is 365 g/mol. The van der Waals surface area contributed by atoms with Crippen molar-refractivity contribution in [3.05, 3.63) is 35.9 Å². The first kappa shape index (κ1) is 18.4. The van der Waals surface area contributed by atoms with Crippen LogP contribution < -0.4 is 5.32 Å². The van der Waals surface area contributed by atoms with E-state index in [1.54, 1.807) is 0 Å². The van der Waals surface area contributed by atoms with Crippen molar-refractivity contribution in [1.29, 1.82) is 0 Å². The first-order valence-corrected chi connectivity index (χ1v) is 11.1. The smallest absolute Gasteiger partial charge is 0.223 e. The molecule has 0 radical (unpaired) electrons. The third kappa shape index (κ3) is 5.54. The second-order valence-electron chi connectivity index (χ2n) is 7.32. The molecule has 1 unspecified atom stereocenters. The number of hydrogen-bond donors (Lipinski definition) is 1. The quantitative estimate of drug-likeness (QED) is 0.833. The Morgan fingerprint density at radius 3 is 2.48 bits per heavy atom. The van der Waals surface area contributed by atoms with Crippen LogP contribution in [0, 0.1) is 5.92 Å². The summed E-state index contributed by atoms with van der Waals surface area (Å²) in [5, 5.41) is 3.22. The second kappa shape index (κ2) is 8.32. The topological polar surface area (TPSA) is 66.5 Å². The number of piperidine rings is 1. The Labute approximate surface area is 150 Å². The molecule has 1 aromatic rings. The second-order valence-corrected chi connectivity index (χ2v) is 9.55. The van der Waals surface area contributed by atoms with Gasteiger partial charge in [-0.25, -0.2) is 8.42 Å². The molecule has 0 aromatic heterocycles. The maximum absolute atomic E-state index is 12.3. The van der Waals surface area contributed by atoms with E-state index in [1.807, 2.05) is 11.0 Å². The van der Waals surface area contributed by atoms with Gasteiger partial charge in [0.25, 0.3) is 0 Å². The largest absolute Gasteiger partial charge is 0.343 e. The molecular formula is C19H28N2O3S. The van der Waals surface area contributed by atoms with Crippen LogP contribution in [0.4, 0.5) is 0 Å². The van der Waals surface area contributed by atoms with Crippen LogP contribution in [-0.2, 0) is 21.1 Å². The fourth-order valence-corrected chi connectivity index (χ4v) is 5.54. The molecule has 0 spiro atoms. The van der Waals surface area contributed by atoms with Gasteiger partial charge in [-0.1, -0.05) is 30.3 Å². The molecule has 2 aliphatic heterocycles. The minimum absolute atomic E-state index is 0.0226. The molecule has 0 aliphatic carbocycles. The highest BCUT2D eigenvalue weighted by atomic mass is 32.2. The lowest BCUT2D eigenvalue weighted by molar-refractivity contribution is -0.132. The Hall–Kier alpha value is -1.40. The van der Waals surface area contributed by atoms with E-state index in [-0.39, 0.29) is 23.5 Å². The highest BCUT2D eigenvalue weighted by Crippen LogP contribution is 2.22. The molecule has 2 saturated heterocycles. The molecule has 2 fully saturated rings. The first-order valence-electron chi connectivity index (χ1n) is 9.27. The average Bonchev–Trinajstić information content (AvgIpc) is 2.95. The Bertz CT molecular complexity index is 667. The molecule has 5 nitrogen and oxygen atoms in total. The summed E-state index contributed by atoms with van der Waals surface area (Å²) in [6.45, 7) is 2.26. The van der Waals surface area contributed by atoms with Crippen molar-refractivity contribution in [3.8, 4) is 0 Å². The summed E-state index contributed by atoms with van der Waals surface area (Å²) in [5.74, 6) is 1.33. The van der Waals surface area contributed by atoms with E-state index in [9.17, 15) is 13.2 Å². The number of benzene rings is 1. The molecule has 0 saturated carbocycles. The Balaban J connectivity index is 1.34. The lowest BCUT2D eigenvalue weighted by Crippen LogP contribution is -2.41. The van der Waals surface area contributed by atoms with Crippen molar-refractivity contribution in [1.82, 2.24) is 10.2 Å². The predicted octanol–water partition coefficient (Wildman–Crippen LogP) is 1.63. The monoisotopic (exact) mass is 364 g/mol. The maximum atomic E-state index is 12.3. The van der Waals surface area contributed by atoms with Crippen molar-refractivity contribution >= 4 is 15.7 Å². The summed E-state index contributed by atoms with van der Waals surface area (Å²) in [4.78, 5) is 14.3. The summed E-state index contributed by atoms with van der Waals surface area (Å²) in [6, 6.07) is 10.6. The maximum Gasteiger partial charge on any atom is 0.223 e. The van der Waals surface area contributed by atoms with Crippen LogP contribution in [0.1, 0.15) is 31.2 Å². The van der Waals surface area contributed by atoms with Gasteiger partial charge in [-0.15, -0.1) is 0 Å². The number of likely N-dealkylation sites (tertiary alicyclic amines) is 1.